The highest BCUT2D eigenvalue weighted by molar-refractivity contribution is 6.46. The smallest absolute Gasteiger partial charge is 0.295 e. The lowest BCUT2D eigenvalue weighted by Crippen LogP contribution is -2.30. The molecule has 1 aliphatic rings. The van der Waals surface area contributed by atoms with E-state index in [1.165, 1.54) is 0 Å². The van der Waals surface area contributed by atoms with E-state index in [4.69, 9.17) is 0 Å². The molecular weight excluding hydrogens is 386 g/mol. The van der Waals surface area contributed by atoms with Crippen LogP contribution in [0.2, 0.25) is 0 Å². The largest absolute Gasteiger partial charge is 0.507 e. The predicted octanol–water partition coefficient (Wildman–Crippen LogP) is 5.62. The Kier molecular flexibility index (Phi) is 5.90. The van der Waals surface area contributed by atoms with Crippen molar-refractivity contribution in [3.8, 4) is 0 Å². The zero-order valence-corrected chi connectivity index (χ0v) is 18.0. The van der Waals surface area contributed by atoms with Gasteiger partial charge >= 0.3 is 0 Å². The number of hydrogen-bond acceptors (Lipinski definition) is 3. The van der Waals surface area contributed by atoms with E-state index in [9.17, 15) is 14.7 Å². The van der Waals surface area contributed by atoms with E-state index in [0.717, 1.165) is 41.2 Å². The lowest BCUT2D eigenvalue weighted by molar-refractivity contribution is -0.139. The van der Waals surface area contributed by atoms with Crippen LogP contribution in [0.4, 0.5) is 0 Å². The molecule has 0 aromatic heterocycles. The Morgan fingerprint density at radius 3 is 2.35 bits per heavy atom. The minimum atomic E-state index is -0.619. The molecule has 1 saturated heterocycles. The van der Waals surface area contributed by atoms with E-state index in [1.54, 1.807) is 4.90 Å². The van der Waals surface area contributed by atoms with E-state index >= 15 is 0 Å². The third-order valence-corrected chi connectivity index (χ3v) is 6.05. The molecule has 31 heavy (non-hydrogen) atoms. The number of fused-ring (bicyclic) bond motifs is 1. The molecule has 0 saturated carbocycles. The molecule has 0 bridgehead atoms. The molecule has 1 amide bonds. The summed E-state index contributed by atoms with van der Waals surface area (Å²) >= 11 is 0. The Labute approximate surface area is 182 Å². The third kappa shape index (κ3) is 3.74. The number of Topliss-reactive ketones (excluding diaryl/α,β-unsaturated/α-hetero) is 1. The number of nitrogens with zero attached hydrogens (tertiary/aromatic N) is 1. The molecule has 0 radical (unpaired) electrons. The molecular formula is C27H27NO3. The number of aliphatic hydroxyl groups excluding tert-OH is 1. The number of carbonyl (C=O) groups excluding carboxylic acids is 2. The highest BCUT2D eigenvalue weighted by Gasteiger charge is 2.46. The molecule has 0 aliphatic carbocycles. The van der Waals surface area contributed by atoms with Crippen LogP contribution in [-0.2, 0) is 16.0 Å². The standard InChI is InChI=1S/C27H27NO3/c1-3-5-17-28-24(22-12-8-10-19-9-6-7-11-21(19)22)23(26(30)27(28)31)25(29)20-15-13-18(4-2)14-16-20/h6-16,24,29H,3-5,17H2,1-2H3/b25-23-. The monoisotopic (exact) mass is 413 g/mol. The molecule has 3 aromatic rings. The Morgan fingerprint density at radius 2 is 1.65 bits per heavy atom. The van der Waals surface area contributed by atoms with Gasteiger partial charge in [-0.1, -0.05) is 87.0 Å². The van der Waals surface area contributed by atoms with Gasteiger partial charge in [0.1, 0.15) is 5.76 Å². The van der Waals surface area contributed by atoms with Gasteiger partial charge in [-0.2, -0.15) is 0 Å². The fraction of sp³-hybridized carbons (Fsp3) is 0.259. The van der Waals surface area contributed by atoms with Crippen molar-refractivity contribution in [3.63, 3.8) is 0 Å². The third-order valence-electron chi connectivity index (χ3n) is 6.05. The number of likely N-dealkylation sites (tertiary alicyclic amines) is 1. The lowest BCUT2D eigenvalue weighted by Gasteiger charge is -2.26. The van der Waals surface area contributed by atoms with Crippen molar-refractivity contribution in [1.82, 2.24) is 4.90 Å². The van der Waals surface area contributed by atoms with Crippen molar-refractivity contribution in [2.24, 2.45) is 0 Å². The highest BCUT2D eigenvalue weighted by Crippen LogP contribution is 2.41. The average Bonchev–Trinajstić information content (AvgIpc) is 3.06. The molecule has 4 heteroatoms. The summed E-state index contributed by atoms with van der Waals surface area (Å²) in [6.45, 7) is 4.59. The first kappa shape index (κ1) is 20.9. The Morgan fingerprint density at radius 1 is 0.935 bits per heavy atom. The molecule has 1 N–H and O–H groups in total. The maximum absolute atomic E-state index is 13.1. The van der Waals surface area contributed by atoms with Crippen molar-refractivity contribution in [2.45, 2.75) is 39.2 Å². The second-order valence-electron chi connectivity index (χ2n) is 7.96. The van der Waals surface area contributed by atoms with Gasteiger partial charge in [0.25, 0.3) is 11.7 Å². The lowest BCUT2D eigenvalue weighted by atomic mass is 9.91. The van der Waals surface area contributed by atoms with Crippen LogP contribution in [0.15, 0.2) is 72.3 Å². The highest BCUT2D eigenvalue weighted by atomic mass is 16.3. The summed E-state index contributed by atoms with van der Waals surface area (Å²) in [5.74, 6) is -1.28. The molecule has 1 heterocycles. The van der Waals surface area contributed by atoms with Crippen LogP contribution < -0.4 is 0 Å². The normalized spacial score (nSPS) is 18.1. The maximum atomic E-state index is 13.1. The number of aliphatic hydroxyl groups is 1. The molecule has 1 atom stereocenters. The van der Waals surface area contributed by atoms with Gasteiger partial charge in [-0.25, -0.2) is 0 Å². The minimum Gasteiger partial charge on any atom is -0.507 e. The van der Waals surface area contributed by atoms with E-state index in [2.05, 4.69) is 13.8 Å². The number of aryl methyl sites for hydroxylation is 1. The summed E-state index contributed by atoms with van der Waals surface area (Å²) in [6.07, 6.45) is 2.59. The van der Waals surface area contributed by atoms with E-state index in [0.29, 0.717) is 12.1 Å². The number of hydrogen-bond donors (Lipinski definition) is 1. The number of rotatable bonds is 6. The van der Waals surface area contributed by atoms with Crippen LogP contribution in [0, 0.1) is 0 Å². The molecule has 4 nitrogen and oxygen atoms in total. The van der Waals surface area contributed by atoms with Crippen molar-refractivity contribution in [3.05, 3.63) is 89.0 Å². The quantitative estimate of drug-likeness (QED) is 0.324. The predicted molar refractivity (Wildman–Crippen MR) is 124 cm³/mol. The van der Waals surface area contributed by atoms with Gasteiger partial charge in [-0.15, -0.1) is 0 Å². The van der Waals surface area contributed by atoms with Gasteiger partial charge in [0.05, 0.1) is 11.6 Å². The molecule has 1 unspecified atom stereocenters. The molecule has 4 rings (SSSR count). The Hall–Kier alpha value is -3.40. The van der Waals surface area contributed by atoms with Gasteiger partial charge < -0.3 is 10.0 Å². The van der Waals surface area contributed by atoms with Crippen LogP contribution in [0.5, 0.6) is 0 Å². The van der Waals surface area contributed by atoms with Gasteiger partial charge in [-0.3, -0.25) is 9.59 Å². The maximum Gasteiger partial charge on any atom is 0.295 e. The van der Waals surface area contributed by atoms with Crippen molar-refractivity contribution in [2.75, 3.05) is 6.54 Å². The first-order valence-corrected chi connectivity index (χ1v) is 10.9. The van der Waals surface area contributed by atoms with Gasteiger partial charge in [0, 0.05) is 12.1 Å². The summed E-state index contributed by atoms with van der Waals surface area (Å²) < 4.78 is 0. The number of ketones is 1. The van der Waals surface area contributed by atoms with Crippen molar-refractivity contribution < 1.29 is 14.7 Å². The van der Waals surface area contributed by atoms with Crippen molar-refractivity contribution >= 4 is 28.2 Å². The van der Waals surface area contributed by atoms with Crippen LogP contribution in [-0.4, -0.2) is 28.2 Å². The zero-order valence-electron chi connectivity index (χ0n) is 18.0. The van der Waals surface area contributed by atoms with Crippen LogP contribution >= 0.6 is 0 Å². The second kappa shape index (κ2) is 8.76. The van der Waals surface area contributed by atoms with Crippen LogP contribution in [0.25, 0.3) is 16.5 Å². The fourth-order valence-electron chi connectivity index (χ4n) is 4.31. The van der Waals surface area contributed by atoms with E-state index < -0.39 is 17.7 Å². The van der Waals surface area contributed by atoms with Crippen LogP contribution in [0.1, 0.15) is 49.4 Å². The first-order chi connectivity index (χ1) is 15.1. The Bertz CT molecular complexity index is 1160. The SMILES string of the molecule is CCCCN1C(=O)C(=O)/C(=C(\O)c2ccc(CC)cc2)C1c1cccc2ccccc12. The van der Waals surface area contributed by atoms with Gasteiger partial charge in [0.2, 0.25) is 0 Å². The minimum absolute atomic E-state index is 0.113. The summed E-state index contributed by atoms with van der Waals surface area (Å²) in [4.78, 5) is 27.8. The van der Waals surface area contributed by atoms with E-state index in [1.807, 2.05) is 66.7 Å². The topological polar surface area (TPSA) is 57.6 Å². The van der Waals surface area contributed by atoms with Crippen molar-refractivity contribution in [1.29, 1.82) is 0 Å². The number of unbranched alkanes of at least 4 members (excludes halogenated alkanes) is 1. The molecule has 1 aliphatic heterocycles. The summed E-state index contributed by atoms with van der Waals surface area (Å²) in [5, 5.41) is 13.2. The summed E-state index contributed by atoms with van der Waals surface area (Å²) in [7, 11) is 0. The number of benzene rings is 3. The summed E-state index contributed by atoms with van der Waals surface area (Å²) in [5.41, 5.74) is 2.73. The van der Waals surface area contributed by atoms with Gasteiger partial charge in [0.15, 0.2) is 0 Å². The van der Waals surface area contributed by atoms with Crippen LogP contribution in [0.3, 0.4) is 0 Å². The zero-order chi connectivity index (χ0) is 22.0. The first-order valence-electron chi connectivity index (χ1n) is 10.9. The number of amides is 1. The molecule has 158 valence electrons. The molecule has 3 aromatic carbocycles. The van der Waals surface area contributed by atoms with E-state index in [-0.39, 0.29) is 11.3 Å². The second-order valence-corrected chi connectivity index (χ2v) is 7.96. The van der Waals surface area contributed by atoms with Gasteiger partial charge in [-0.05, 0) is 34.7 Å². The Balaban J connectivity index is 1.92. The fourth-order valence-corrected chi connectivity index (χ4v) is 4.31. The molecule has 1 fully saturated rings. The number of carbonyl (C=O) groups is 2. The average molecular weight is 414 g/mol. The molecule has 0 spiro atoms. The summed E-state index contributed by atoms with van der Waals surface area (Å²) in [6, 6.07) is 20.7.